The molecule has 0 aliphatic carbocycles. The molecule has 0 N–H and O–H groups in total. The van der Waals surface area contributed by atoms with E-state index < -0.39 is 0 Å². The van der Waals surface area contributed by atoms with Crippen LogP contribution in [0.15, 0.2) is 36.4 Å². The number of nitrogens with zero attached hydrogens (tertiary/aromatic N) is 1. The van der Waals surface area contributed by atoms with Crippen LogP contribution in [0.5, 0.6) is 0 Å². The highest BCUT2D eigenvalue weighted by molar-refractivity contribution is 6.30. The van der Waals surface area contributed by atoms with Crippen molar-refractivity contribution in [2.75, 3.05) is 13.1 Å². The largest absolute Gasteiger partial charge is 0.339 e. The Morgan fingerprint density at radius 1 is 1.32 bits per heavy atom. The van der Waals surface area contributed by atoms with Gasteiger partial charge in [0, 0.05) is 24.0 Å². The highest BCUT2D eigenvalue weighted by Crippen LogP contribution is 2.27. The van der Waals surface area contributed by atoms with Gasteiger partial charge < -0.3 is 4.90 Å². The average Bonchev–Trinajstić information content (AvgIpc) is 2.66. The van der Waals surface area contributed by atoms with Gasteiger partial charge in [0.05, 0.1) is 0 Å². The molecule has 2 rings (SSSR count). The molecule has 1 fully saturated rings. The first kappa shape index (κ1) is 14.1. The quantitative estimate of drug-likeness (QED) is 0.748. The normalized spacial score (nSPS) is 20.5. The molecule has 0 saturated carbocycles. The van der Waals surface area contributed by atoms with Gasteiger partial charge in [-0.1, -0.05) is 36.2 Å². The standard InChI is InChI=1S/C16H20ClNO/c1-2-5-16(19)18-11-4-3-6-14(12-18)13-7-9-15(17)10-8-13/h2,5,7-10,14H,3-4,6,11-12H2,1H3/b5-2+/t14-/m0/s1. The Hall–Kier alpha value is -1.28. The minimum atomic E-state index is 0.128. The third-order valence-electron chi connectivity index (χ3n) is 3.63. The molecule has 102 valence electrons. The van der Waals surface area contributed by atoms with Gasteiger partial charge in [0.15, 0.2) is 0 Å². The Morgan fingerprint density at radius 3 is 2.74 bits per heavy atom. The van der Waals surface area contributed by atoms with Crippen LogP contribution in [0.4, 0.5) is 0 Å². The van der Waals surface area contributed by atoms with E-state index in [9.17, 15) is 4.79 Å². The average molecular weight is 278 g/mol. The Bertz CT molecular complexity index is 452. The number of benzene rings is 1. The zero-order chi connectivity index (χ0) is 13.7. The molecule has 1 atom stereocenters. The van der Waals surface area contributed by atoms with Gasteiger partial charge in [0.25, 0.3) is 0 Å². The van der Waals surface area contributed by atoms with Gasteiger partial charge >= 0.3 is 0 Å². The third kappa shape index (κ3) is 3.84. The summed E-state index contributed by atoms with van der Waals surface area (Å²) in [7, 11) is 0. The lowest BCUT2D eigenvalue weighted by Gasteiger charge is -2.23. The fourth-order valence-corrected chi connectivity index (χ4v) is 2.72. The number of amides is 1. The lowest BCUT2D eigenvalue weighted by molar-refractivity contribution is -0.126. The molecule has 1 aromatic carbocycles. The molecule has 0 radical (unpaired) electrons. The van der Waals surface area contributed by atoms with Crippen LogP contribution in [-0.4, -0.2) is 23.9 Å². The summed E-state index contributed by atoms with van der Waals surface area (Å²) < 4.78 is 0. The van der Waals surface area contributed by atoms with Gasteiger partial charge in [0.1, 0.15) is 0 Å². The highest BCUT2D eigenvalue weighted by atomic mass is 35.5. The fraction of sp³-hybridized carbons (Fsp3) is 0.438. The molecule has 0 spiro atoms. The smallest absolute Gasteiger partial charge is 0.246 e. The number of allylic oxidation sites excluding steroid dienone is 1. The van der Waals surface area contributed by atoms with Crippen molar-refractivity contribution in [2.24, 2.45) is 0 Å². The van der Waals surface area contributed by atoms with Crippen LogP contribution in [0.3, 0.4) is 0 Å². The van der Waals surface area contributed by atoms with E-state index in [1.54, 1.807) is 6.08 Å². The summed E-state index contributed by atoms with van der Waals surface area (Å²) in [6.07, 6.45) is 6.87. The maximum Gasteiger partial charge on any atom is 0.246 e. The number of hydrogen-bond acceptors (Lipinski definition) is 1. The maximum atomic E-state index is 12.0. The van der Waals surface area contributed by atoms with Crippen LogP contribution >= 0.6 is 11.6 Å². The summed E-state index contributed by atoms with van der Waals surface area (Å²) >= 11 is 5.93. The van der Waals surface area contributed by atoms with E-state index in [1.165, 1.54) is 12.0 Å². The molecular weight excluding hydrogens is 258 g/mol. The van der Waals surface area contributed by atoms with Crippen molar-refractivity contribution in [2.45, 2.75) is 32.1 Å². The van der Waals surface area contributed by atoms with Gasteiger partial charge in [-0.2, -0.15) is 0 Å². The number of carbonyl (C=O) groups excluding carboxylic acids is 1. The Kier molecular flexibility index (Phi) is 5.03. The van der Waals surface area contributed by atoms with E-state index in [-0.39, 0.29) is 5.91 Å². The van der Waals surface area contributed by atoms with Crippen molar-refractivity contribution in [1.29, 1.82) is 0 Å². The molecule has 0 aromatic heterocycles. The predicted octanol–water partition coefficient (Wildman–Crippen LogP) is 4.01. The van der Waals surface area contributed by atoms with Gasteiger partial charge in [-0.3, -0.25) is 4.79 Å². The SMILES string of the molecule is C/C=C/C(=O)N1CCCC[C@H](c2ccc(Cl)cc2)C1. The summed E-state index contributed by atoms with van der Waals surface area (Å²) in [6, 6.07) is 8.02. The van der Waals surface area contributed by atoms with Gasteiger partial charge in [0.2, 0.25) is 5.91 Å². The van der Waals surface area contributed by atoms with E-state index in [0.29, 0.717) is 5.92 Å². The molecule has 1 aliphatic rings. The second kappa shape index (κ2) is 6.76. The summed E-state index contributed by atoms with van der Waals surface area (Å²) in [5, 5.41) is 0.763. The van der Waals surface area contributed by atoms with Crippen LogP contribution in [0.1, 0.15) is 37.7 Å². The second-order valence-electron chi connectivity index (χ2n) is 5.03. The van der Waals surface area contributed by atoms with Crippen molar-refractivity contribution in [3.63, 3.8) is 0 Å². The van der Waals surface area contributed by atoms with Gasteiger partial charge in [-0.15, -0.1) is 0 Å². The third-order valence-corrected chi connectivity index (χ3v) is 3.89. The summed E-state index contributed by atoms with van der Waals surface area (Å²) in [6.45, 7) is 3.56. The summed E-state index contributed by atoms with van der Waals surface area (Å²) in [5.41, 5.74) is 1.28. The number of carbonyl (C=O) groups is 1. The van der Waals surface area contributed by atoms with Crippen molar-refractivity contribution < 1.29 is 4.79 Å². The van der Waals surface area contributed by atoms with Crippen LogP contribution in [0, 0.1) is 0 Å². The van der Waals surface area contributed by atoms with Crippen molar-refractivity contribution in [1.82, 2.24) is 4.90 Å². The first-order valence-electron chi connectivity index (χ1n) is 6.88. The van der Waals surface area contributed by atoms with E-state index in [0.717, 1.165) is 31.0 Å². The number of hydrogen-bond donors (Lipinski definition) is 0. The van der Waals surface area contributed by atoms with Crippen molar-refractivity contribution in [3.05, 3.63) is 47.0 Å². The molecule has 1 aliphatic heterocycles. The molecule has 1 aromatic rings. The van der Waals surface area contributed by atoms with E-state index in [2.05, 4.69) is 12.1 Å². The molecule has 19 heavy (non-hydrogen) atoms. The molecule has 3 heteroatoms. The Labute approximate surface area is 120 Å². The van der Waals surface area contributed by atoms with E-state index >= 15 is 0 Å². The second-order valence-corrected chi connectivity index (χ2v) is 5.46. The van der Waals surface area contributed by atoms with Crippen LogP contribution in [-0.2, 0) is 4.79 Å². The molecule has 1 heterocycles. The monoisotopic (exact) mass is 277 g/mol. The van der Waals surface area contributed by atoms with Crippen LogP contribution < -0.4 is 0 Å². The Morgan fingerprint density at radius 2 is 2.05 bits per heavy atom. The first-order chi connectivity index (χ1) is 9.20. The first-order valence-corrected chi connectivity index (χ1v) is 7.25. The maximum absolute atomic E-state index is 12.0. The lowest BCUT2D eigenvalue weighted by atomic mass is 9.94. The van der Waals surface area contributed by atoms with Crippen LogP contribution in [0.2, 0.25) is 5.02 Å². The van der Waals surface area contributed by atoms with Gasteiger partial charge in [-0.05, 0) is 43.5 Å². The Balaban J connectivity index is 2.12. The lowest BCUT2D eigenvalue weighted by Crippen LogP contribution is -2.32. The predicted molar refractivity (Wildman–Crippen MR) is 79.4 cm³/mol. The number of likely N-dealkylation sites (tertiary alicyclic amines) is 1. The van der Waals surface area contributed by atoms with Crippen molar-refractivity contribution in [3.8, 4) is 0 Å². The summed E-state index contributed by atoms with van der Waals surface area (Å²) in [4.78, 5) is 14.0. The molecule has 1 saturated heterocycles. The minimum absolute atomic E-state index is 0.128. The number of halogens is 1. The summed E-state index contributed by atoms with van der Waals surface area (Å²) in [5.74, 6) is 0.553. The minimum Gasteiger partial charge on any atom is -0.339 e. The molecule has 0 unspecified atom stereocenters. The molecule has 2 nitrogen and oxygen atoms in total. The van der Waals surface area contributed by atoms with Gasteiger partial charge in [-0.25, -0.2) is 0 Å². The highest BCUT2D eigenvalue weighted by Gasteiger charge is 2.21. The zero-order valence-corrected chi connectivity index (χ0v) is 12.1. The molecule has 0 bridgehead atoms. The van der Waals surface area contributed by atoms with E-state index in [1.807, 2.05) is 30.0 Å². The van der Waals surface area contributed by atoms with Crippen molar-refractivity contribution >= 4 is 17.5 Å². The fourth-order valence-electron chi connectivity index (χ4n) is 2.60. The van der Waals surface area contributed by atoms with E-state index in [4.69, 9.17) is 11.6 Å². The number of rotatable bonds is 2. The molecule has 1 amide bonds. The molecular formula is C16H20ClNO. The van der Waals surface area contributed by atoms with Crippen LogP contribution in [0.25, 0.3) is 0 Å². The topological polar surface area (TPSA) is 20.3 Å². The zero-order valence-electron chi connectivity index (χ0n) is 11.3.